The predicted octanol–water partition coefficient (Wildman–Crippen LogP) is 10.7. The van der Waals surface area contributed by atoms with E-state index in [9.17, 15) is 19.2 Å². The highest BCUT2D eigenvalue weighted by Gasteiger charge is 2.26. The van der Waals surface area contributed by atoms with Gasteiger partial charge in [-0.1, -0.05) is 46.1 Å². The van der Waals surface area contributed by atoms with Crippen LogP contribution in [0.3, 0.4) is 0 Å². The number of aryl methyl sites for hydroxylation is 1. The molecule has 4 amide bonds. The fourth-order valence-electron chi connectivity index (χ4n) is 10.4. The average Bonchev–Trinajstić information content (AvgIpc) is 2.69. The summed E-state index contributed by atoms with van der Waals surface area (Å²) in [4.78, 5) is 72.7. The van der Waals surface area contributed by atoms with Crippen LogP contribution >= 0.6 is 0 Å². The van der Waals surface area contributed by atoms with E-state index in [4.69, 9.17) is 19.9 Å². The zero-order valence-corrected chi connectivity index (χ0v) is 49.3. The lowest BCUT2D eigenvalue weighted by Crippen LogP contribution is -2.36. The van der Waals surface area contributed by atoms with Crippen LogP contribution in [0.1, 0.15) is 110 Å². The summed E-state index contributed by atoms with van der Waals surface area (Å²) in [7, 11) is 8.58. The molecule has 0 aliphatic heterocycles. The van der Waals surface area contributed by atoms with Crippen molar-refractivity contribution in [2.24, 2.45) is 0 Å². The van der Waals surface area contributed by atoms with Crippen molar-refractivity contribution in [1.29, 1.82) is 0 Å². The number of carbonyl (C=O) groups excluding carboxylic acids is 4. The van der Waals surface area contributed by atoms with E-state index in [1.165, 1.54) is 12.2 Å². The molecule has 4 aromatic heterocycles. The minimum Gasteiger partial charge on any atom is -0.351 e. The Morgan fingerprint density at radius 1 is 0.541 bits per heavy atom. The molecule has 22 heteroatoms. The summed E-state index contributed by atoms with van der Waals surface area (Å²) in [5.74, 6) is 1.29. The lowest BCUT2D eigenvalue weighted by atomic mass is 9.91. The Hall–Kier alpha value is -9.54. The molecule has 2 aliphatic carbocycles. The molecule has 2 aliphatic rings. The summed E-state index contributed by atoms with van der Waals surface area (Å²) in [6.45, 7) is 13.2. The summed E-state index contributed by atoms with van der Waals surface area (Å²) in [5.41, 5.74) is 8.39. The Morgan fingerprint density at radius 2 is 0.953 bits per heavy atom. The minimum absolute atomic E-state index is 0.245. The standard InChI is InChI=1S/C32H39N9O2.C31H37N9O2/c1-6-28(42)34-22-12-10-21(11-13-22)30(43)35-24-8-7-9-25(18-24)37-32-39-31(36-23-14-16-26(17-15-23)40(4)5)38-29-27(20(2)3)19-33-41(29)32;1-5-20-19-32-40-28(20)37-30(35-23-14-16-26(17-15-23)39(3)4)38-31(40)36-25-9-7-8-24(18-25)34-29(42)21-10-12-22(13-11-21)33-27(41)6-2/h6-13,18-20,23,26H,1,14-17H2,2-5H3,(H,34,42)(H,35,43)(H2,36,37,38,39);6-13,18-19,23,26H,2,5,14-17H2,1,3-4H3,(H,33,41)(H,34,42)(H2,35,36,37,38). The van der Waals surface area contributed by atoms with Gasteiger partial charge >= 0.3 is 0 Å². The van der Waals surface area contributed by atoms with Crippen LogP contribution in [0.2, 0.25) is 0 Å². The van der Waals surface area contributed by atoms with E-state index in [1.54, 1.807) is 57.6 Å². The van der Waals surface area contributed by atoms with E-state index >= 15 is 0 Å². The zero-order valence-electron chi connectivity index (χ0n) is 49.3. The zero-order chi connectivity index (χ0) is 60.1. The van der Waals surface area contributed by atoms with E-state index in [2.05, 4.69) is 125 Å². The number of rotatable bonds is 20. The maximum Gasteiger partial charge on any atom is 0.255 e. The normalized spacial score (nSPS) is 16.7. The third-order valence-corrected chi connectivity index (χ3v) is 15.3. The third kappa shape index (κ3) is 15.6. The number of benzene rings is 4. The molecular formula is C63H76N18O4. The Bertz CT molecular complexity index is 3650. The summed E-state index contributed by atoms with van der Waals surface area (Å²) in [5, 5.41) is 34.2. The van der Waals surface area contributed by atoms with Crippen molar-refractivity contribution in [3.63, 3.8) is 0 Å². The van der Waals surface area contributed by atoms with Crippen LogP contribution in [0.4, 0.5) is 57.9 Å². The number of nitrogens with one attached hydrogen (secondary N) is 8. The topological polar surface area (TPSA) is 257 Å². The van der Waals surface area contributed by atoms with Crippen molar-refractivity contribution in [2.45, 2.75) is 109 Å². The van der Waals surface area contributed by atoms with Gasteiger partial charge in [-0.3, -0.25) is 19.2 Å². The Labute approximate surface area is 495 Å². The molecule has 0 bridgehead atoms. The SMILES string of the molecule is C=CC(=O)Nc1ccc(C(=O)Nc2cccc(Nc3nc(NC4CCC(N(C)C)CC4)nc4c(C(C)C)cnn34)c2)cc1.C=CC(=O)Nc1ccc(C(=O)Nc2cccc(Nc3nc(NC4CCC(N(C)C)CC4)nc4c(CC)cnn34)c2)cc1. The highest BCUT2D eigenvalue weighted by Crippen LogP contribution is 2.30. The first-order valence-corrected chi connectivity index (χ1v) is 28.8. The molecule has 10 rings (SSSR count). The number of aromatic nitrogens is 8. The van der Waals surface area contributed by atoms with Gasteiger partial charge in [0, 0.05) is 80.5 Å². The monoisotopic (exact) mass is 1150 g/mol. The largest absolute Gasteiger partial charge is 0.351 e. The first kappa shape index (κ1) is 60.1. The molecule has 4 aromatic carbocycles. The number of carbonyl (C=O) groups is 4. The smallest absolute Gasteiger partial charge is 0.255 e. The maximum atomic E-state index is 12.9. The van der Waals surface area contributed by atoms with E-state index in [1.807, 2.05) is 60.9 Å². The van der Waals surface area contributed by atoms with Crippen LogP contribution in [0, 0.1) is 0 Å². The molecular weight excluding hydrogens is 1070 g/mol. The minimum atomic E-state index is -0.312. The number of amides is 4. The quantitative estimate of drug-likeness (QED) is 0.0330. The third-order valence-electron chi connectivity index (χ3n) is 15.3. The van der Waals surface area contributed by atoms with Gasteiger partial charge in [-0.05, 0) is 189 Å². The van der Waals surface area contributed by atoms with Crippen molar-refractivity contribution in [1.82, 2.24) is 49.0 Å². The van der Waals surface area contributed by atoms with Crippen molar-refractivity contribution in [3.05, 3.63) is 157 Å². The lowest BCUT2D eigenvalue weighted by molar-refractivity contribution is -0.112. The van der Waals surface area contributed by atoms with Crippen molar-refractivity contribution >= 4 is 92.8 Å². The summed E-state index contributed by atoms with van der Waals surface area (Å²) in [6, 6.07) is 30.0. The Balaban J connectivity index is 0.000000204. The summed E-state index contributed by atoms with van der Waals surface area (Å²) in [6.07, 6.45) is 15.7. The van der Waals surface area contributed by atoms with Gasteiger partial charge in [-0.25, -0.2) is 0 Å². The second-order valence-corrected chi connectivity index (χ2v) is 22.1. The van der Waals surface area contributed by atoms with Crippen LogP contribution in [0.5, 0.6) is 0 Å². The van der Waals surface area contributed by atoms with E-state index in [0.717, 1.165) is 91.6 Å². The van der Waals surface area contributed by atoms with Gasteiger partial charge in [0.05, 0.1) is 12.4 Å². The second-order valence-electron chi connectivity index (χ2n) is 22.1. The van der Waals surface area contributed by atoms with Gasteiger partial charge in [0.25, 0.3) is 11.8 Å². The molecule has 2 saturated carbocycles. The van der Waals surface area contributed by atoms with Crippen LogP contribution in [0.25, 0.3) is 11.3 Å². The van der Waals surface area contributed by atoms with Crippen LogP contribution in [0.15, 0.2) is 135 Å². The molecule has 0 radical (unpaired) electrons. The maximum absolute atomic E-state index is 12.9. The van der Waals surface area contributed by atoms with Crippen molar-refractivity contribution in [3.8, 4) is 0 Å². The predicted molar refractivity (Wildman–Crippen MR) is 338 cm³/mol. The molecule has 2 fully saturated rings. The first-order chi connectivity index (χ1) is 41.0. The second kappa shape index (κ2) is 27.7. The van der Waals surface area contributed by atoms with Gasteiger partial charge < -0.3 is 52.3 Å². The summed E-state index contributed by atoms with van der Waals surface area (Å²) < 4.78 is 3.44. The number of anilines is 10. The fourth-order valence-corrected chi connectivity index (χ4v) is 10.4. The van der Waals surface area contributed by atoms with Crippen LogP contribution in [-0.2, 0) is 16.0 Å². The van der Waals surface area contributed by atoms with Gasteiger partial charge in [0.15, 0.2) is 11.3 Å². The fraction of sp³-hybridized carbons (Fsp3) is 0.333. The molecule has 442 valence electrons. The molecule has 85 heavy (non-hydrogen) atoms. The molecule has 8 aromatic rings. The molecule has 0 saturated heterocycles. The van der Waals surface area contributed by atoms with E-state index in [0.29, 0.717) is 81.8 Å². The van der Waals surface area contributed by atoms with Gasteiger partial charge in [0.2, 0.25) is 35.6 Å². The Kier molecular flexibility index (Phi) is 19.6. The van der Waals surface area contributed by atoms with Gasteiger partial charge in [-0.2, -0.15) is 39.2 Å². The molecule has 0 spiro atoms. The van der Waals surface area contributed by atoms with E-state index < -0.39 is 0 Å². The first-order valence-electron chi connectivity index (χ1n) is 28.8. The molecule has 8 N–H and O–H groups in total. The van der Waals surface area contributed by atoms with Gasteiger partial charge in [-0.15, -0.1) is 0 Å². The molecule has 4 heterocycles. The summed E-state index contributed by atoms with van der Waals surface area (Å²) >= 11 is 0. The number of fused-ring (bicyclic) bond motifs is 2. The number of hydrogen-bond acceptors (Lipinski definition) is 16. The number of hydrogen-bond donors (Lipinski definition) is 8. The van der Waals surface area contributed by atoms with Crippen LogP contribution in [-0.4, -0.2) is 125 Å². The number of nitrogens with zero attached hydrogens (tertiary/aromatic N) is 10. The molecule has 22 nitrogen and oxygen atoms in total. The lowest BCUT2D eigenvalue weighted by Gasteiger charge is -2.33. The molecule has 0 unspecified atom stereocenters. The molecule has 0 atom stereocenters. The Morgan fingerprint density at radius 3 is 1.36 bits per heavy atom. The van der Waals surface area contributed by atoms with Crippen molar-refractivity contribution in [2.75, 3.05) is 70.7 Å². The average molecular weight is 1150 g/mol. The highest BCUT2D eigenvalue weighted by atomic mass is 16.2. The van der Waals surface area contributed by atoms with Crippen LogP contribution < -0.4 is 42.5 Å². The van der Waals surface area contributed by atoms with Crippen molar-refractivity contribution < 1.29 is 19.2 Å². The van der Waals surface area contributed by atoms with Gasteiger partial charge in [0.1, 0.15) is 0 Å². The highest BCUT2D eigenvalue weighted by molar-refractivity contribution is 6.06. The van der Waals surface area contributed by atoms with E-state index in [-0.39, 0.29) is 29.5 Å².